The molecule has 3 amide bonds. The smallest absolute Gasteiger partial charge is 0.317 e. The Balaban J connectivity index is 1.36. The topological polar surface area (TPSA) is 65.1 Å². The lowest BCUT2D eigenvalue weighted by atomic mass is 10.2. The quantitative estimate of drug-likeness (QED) is 0.820. The van der Waals surface area contributed by atoms with E-state index >= 15 is 0 Å². The minimum Gasteiger partial charge on any atom is -0.379 e. The third-order valence-corrected chi connectivity index (χ3v) is 5.23. The largest absolute Gasteiger partial charge is 0.379 e. The number of hydrogen-bond donors (Lipinski definition) is 1. The average molecular weight is 395 g/mol. The molecule has 0 atom stereocenters. The van der Waals surface area contributed by atoms with Gasteiger partial charge in [0, 0.05) is 63.8 Å². The molecule has 27 heavy (non-hydrogen) atoms. The highest BCUT2D eigenvalue weighted by Crippen LogP contribution is 2.11. The van der Waals surface area contributed by atoms with Crippen molar-refractivity contribution in [2.75, 3.05) is 59.0 Å². The van der Waals surface area contributed by atoms with Gasteiger partial charge in [-0.15, -0.1) is 0 Å². The van der Waals surface area contributed by atoms with Crippen LogP contribution in [0.3, 0.4) is 0 Å². The maximum absolute atomic E-state index is 12.4. The fourth-order valence-corrected chi connectivity index (χ4v) is 3.54. The van der Waals surface area contributed by atoms with Gasteiger partial charge in [0.05, 0.1) is 13.2 Å². The van der Waals surface area contributed by atoms with Crippen LogP contribution >= 0.6 is 11.6 Å². The van der Waals surface area contributed by atoms with Crippen LogP contribution in [0.15, 0.2) is 24.3 Å². The molecule has 8 heteroatoms. The van der Waals surface area contributed by atoms with Gasteiger partial charge in [-0.1, -0.05) is 23.7 Å². The molecule has 1 aromatic carbocycles. The molecule has 0 bridgehead atoms. The van der Waals surface area contributed by atoms with Crippen molar-refractivity contribution in [1.29, 1.82) is 0 Å². The van der Waals surface area contributed by atoms with Crippen molar-refractivity contribution in [3.63, 3.8) is 0 Å². The second-order valence-electron chi connectivity index (χ2n) is 6.86. The second-order valence-corrected chi connectivity index (χ2v) is 7.30. The first-order valence-electron chi connectivity index (χ1n) is 9.47. The third kappa shape index (κ3) is 6.09. The Morgan fingerprint density at radius 3 is 2.44 bits per heavy atom. The molecule has 0 aliphatic carbocycles. The second kappa shape index (κ2) is 9.92. The Kier molecular flexibility index (Phi) is 7.32. The Labute approximate surface area is 165 Å². The summed E-state index contributed by atoms with van der Waals surface area (Å²) in [6, 6.07) is 7.34. The highest BCUT2D eigenvalue weighted by molar-refractivity contribution is 6.30. The van der Waals surface area contributed by atoms with Crippen LogP contribution in [0.2, 0.25) is 5.02 Å². The molecule has 7 nitrogen and oxygen atoms in total. The number of rotatable bonds is 5. The number of morpholine rings is 1. The highest BCUT2D eigenvalue weighted by Gasteiger charge is 2.24. The standard InChI is InChI=1S/C19H27ClN4O3/c20-17-3-1-2-16(14-17)15-21-19(26)24-8-6-23(7-9-24)18(25)4-5-22-10-12-27-13-11-22/h1-3,14H,4-13,15H2,(H,21,26). The Morgan fingerprint density at radius 2 is 1.74 bits per heavy atom. The summed E-state index contributed by atoms with van der Waals surface area (Å²) in [7, 11) is 0. The van der Waals surface area contributed by atoms with Crippen molar-refractivity contribution in [3.8, 4) is 0 Å². The molecule has 1 N–H and O–H groups in total. The monoisotopic (exact) mass is 394 g/mol. The molecule has 0 unspecified atom stereocenters. The van der Waals surface area contributed by atoms with Gasteiger partial charge in [0.1, 0.15) is 0 Å². The van der Waals surface area contributed by atoms with Crippen LogP contribution in [-0.2, 0) is 16.1 Å². The molecule has 2 aliphatic rings. The summed E-state index contributed by atoms with van der Waals surface area (Å²) in [5.74, 6) is 0.167. The van der Waals surface area contributed by atoms with Crippen molar-refractivity contribution < 1.29 is 14.3 Å². The van der Waals surface area contributed by atoms with Gasteiger partial charge in [0.15, 0.2) is 0 Å². The molecule has 2 aliphatic heterocycles. The van der Waals surface area contributed by atoms with Gasteiger partial charge in [-0.3, -0.25) is 9.69 Å². The van der Waals surface area contributed by atoms with Crippen LogP contribution in [0.4, 0.5) is 4.79 Å². The first kappa shape index (κ1) is 19.9. The minimum atomic E-state index is -0.101. The number of ether oxygens (including phenoxy) is 1. The number of piperazine rings is 1. The zero-order chi connectivity index (χ0) is 19.1. The predicted octanol–water partition coefficient (Wildman–Crippen LogP) is 1.42. The van der Waals surface area contributed by atoms with Crippen LogP contribution in [0.1, 0.15) is 12.0 Å². The van der Waals surface area contributed by atoms with Crippen molar-refractivity contribution in [2.45, 2.75) is 13.0 Å². The molecular formula is C19H27ClN4O3. The molecule has 0 spiro atoms. The van der Waals surface area contributed by atoms with Crippen molar-refractivity contribution in [1.82, 2.24) is 20.0 Å². The van der Waals surface area contributed by atoms with Gasteiger partial charge in [0.2, 0.25) is 5.91 Å². The Morgan fingerprint density at radius 1 is 1.04 bits per heavy atom. The lowest BCUT2D eigenvalue weighted by Crippen LogP contribution is -2.53. The van der Waals surface area contributed by atoms with Crippen molar-refractivity contribution >= 4 is 23.5 Å². The predicted molar refractivity (Wildman–Crippen MR) is 104 cm³/mol. The van der Waals surface area contributed by atoms with E-state index in [1.807, 2.05) is 29.2 Å². The number of urea groups is 1. The summed E-state index contributed by atoms with van der Waals surface area (Å²) >= 11 is 5.96. The van der Waals surface area contributed by atoms with E-state index in [0.717, 1.165) is 38.4 Å². The van der Waals surface area contributed by atoms with Crippen molar-refractivity contribution in [3.05, 3.63) is 34.9 Å². The third-order valence-electron chi connectivity index (χ3n) is 5.00. The number of carbonyl (C=O) groups excluding carboxylic acids is 2. The van der Waals surface area contributed by atoms with Gasteiger partial charge in [-0.05, 0) is 17.7 Å². The number of nitrogens with one attached hydrogen (secondary N) is 1. The number of benzene rings is 1. The zero-order valence-electron chi connectivity index (χ0n) is 15.5. The molecule has 3 rings (SSSR count). The average Bonchev–Trinajstić information content (AvgIpc) is 2.71. The summed E-state index contributed by atoms with van der Waals surface area (Å²) < 4.78 is 5.32. The van der Waals surface area contributed by atoms with Crippen molar-refractivity contribution in [2.24, 2.45) is 0 Å². The Bertz CT molecular complexity index is 644. The van der Waals surface area contributed by atoms with Crippen LogP contribution in [0, 0.1) is 0 Å². The summed E-state index contributed by atoms with van der Waals surface area (Å²) in [6.45, 7) is 6.81. The minimum absolute atomic E-state index is 0.101. The van der Waals surface area contributed by atoms with E-state index in [1.165, 1.54) is 0 Å². The summed E-state index contributed by atoms with van der Waals surface area (Å²) in [5, 5.41) is 3.57. The van der Waals surface area contributed by atoms with Crippen LogP contribution < -0.4 is 5.32 Å². The molecule has 1 aromatic rings. The molecule has 148 valence electrons. The molecule has 2 fully saturated rings. The van der Waals surface area contributed by atoms with Gasteiger partial charge in [-0.25, -0.2) is 4.79 Å². The lowest BCUT2D eigenvalue weighted by molar-refractivity contribution is -0.133. The van der Waals surface area contributed by atoms with Gasteiger partial charge in [-0.2, -0.15) is 0 Å². The normalized spacial score (nSPS) is 18.4. The van der Waals surface area contributed by atoms with Gasteiger partial charge < -0.3 is 19.9 Å². The highest BCUT2D eigenvalue weighted by atomic mass is 35.5. The van der Waals surface area contributed by atoms with Crippen LogP contribution in [-0.4, -0.2) is 85.7 Å². The van der Waals surface area contributed by atoms with Gasteiger partial charge in [0.25, 0.3) is 0 Å². The van der Waals surface area contributed by atoms with E-state index in [-0.39, 0.29) is 11.9 Å². The maximum Gasteiger partial charge on any atom is 0.317 e. The fourth-order valence-electron chi connectivity index (χ4n) is 3.33. The summed E-state index contributed by atoms with van der Waals surface area (Å²) in [5.41, 5.74) is 0.966. The Hall–Kier alpha value is -1.83. The molecule has 0 radical (unpaired) electrons. The van der Waals surface area contributed by atoms with E-state index in [4.69, 9.17) is 16.3 Å². The first-order chi connectivity index (χ1) is 13.1. The lowest BCUT2D eigenvalue weighted by Gasteiger charge is -2.35. The SMILES string of the molecule is O=C(CCN1CCOCC1)N1CCN(C(=O)NCc2cccc(Cl)c2)CC1. The number of carbonyl (C=O) groups is 2. The first-order valence-corrected chi connectivity index (χ1v) is 9.85. The summed E-state index contributed by atoms with van der Waals surface area (Å²) in [4.78, 5) is 30.6. The number of amides is 3. The van der Waals surface area contributed by atoms with E-state index in [9.17, 15) is 9.59 Å². The molecule has 2 saturated heterocycles. The fraction of sp³-hybridized carbons (Fsp3) is 0.579. The maximum atomic E-state index is 12.4. The van der Waals surface area contributed by atoms with E-state index in [2.05, 4.69) is 10.2 Å². The molecular weight excluding hydrogens is 368 g/mol. The van der Waals surface area contributed by atoms with Crippen LogP contribution in [0.25, 0.3) is 0 Å². The van der Waals surface area contributed by atoms with E-state index in [0.29, 0.717) is 44.2 Å². The molecule has 0 saturated carbocycles. The molecule has 2 heterocycles. The number of hydrogen-bond acceptors (Lipinski definition) is 4. The number of nitrogens with zero attached hydrogens (tertiary/aromatic N) is 3. The van der Waals surface area contributed by atoms with Crippen LogP contribution in [0.5, 0.6) is 0 Å². The molecule has 0 aromatic heterocycles. The van der Waals surface area contributed by atoms with E-state index < -0.39 is 0 Å². The number of halogens is 1. The van der Waals surface area contributed by atoms with Gasteiger partial charge >= 0.3 is 6.03 Å². The summed E-state index contributed by atoms with van der Waals surface area (Å²) in [6.07, 6.45) is 0.529. The zero-order valence-corrected chi connectivity index (χ0v) is 16.3. The van der Waals surface area contributed by atoms with E-state index in [1.54, 1.807) is 4.90 Å².